The molecule has 0 unspecified atom stereocenters. The molecule has 2 aliphatic rings. The number of carbonyl (C=O) groups excluding carboxylic acids is 1. The van der Waals surface area contributed by atoms with E-state index in [1.165, 1.54) is 0 Å². The van der Waals surface area contributed by atoms with Crippen molar-refractivity contribution in [3.8, 4) is 5.75 Å². The van der Waals surface area contributed by atoms with Crippen molar-refractivity contribution in [2.45, 2.75) is 24.5 Å². The molecule has 2 aliphatic heterocycles. The molecule has 0 aromatic heterocycles. The van der Waals surface area contributed by atoms with E-state index >= 15 is 0 Å². The molecule has 6 heteroatoms. The number of para-hydroxylation sites is 2. The summed E-state index contributed by atoms with van der Waals surface area (Å²) in [6, 6.07) is 25.6. The summed E-state index contributed by atoms with van der Waals surface area (Å²) in [6.45, 7) is 1.38. The van der Waals surface area contributed by atoms with Crippen molar-refractivity contribution in [1.29, 1.82) is 0 Å². The molecule has 5 rings (SSSR count). The van der Waals surface area contributed by atoms with Crippen LogP contribution in [0.1, 0.15) is 17.0 Å². The van der Waals surface area contributed by atoms with Gasteiger partial charge in [0.15, 0.2) is 0 Å². The van der Waals surface area contributed by atoms with Gasteiger partial charge in [-0.15, -0.1) is 0 Å². The lowest BCUT2D eigenvalue weighted by Crippen LogP contribution is -2.69. The van der Waals surface area contributed by atoms with Crippen LogP contribution >= 0.6 is 0 Å². The van der Waals surface area contributed by atoms with Crippen molar-refractivity contribution >= 4 is 17.4 Å². The topological polar surface area (TPSA) is 65.0 Å². The van der Waals surface area contributed by atoms with E-state index in [2.05, 4.69) is 28.4 Å². The number of benzene rings is 3. The fourth-order valence-corrected chi connectivity index (χ4v) is 5.05. The van der Waals surface area contributed by atoms with Gasteiger partial charge in [0.1, 0.15) is 5.75 Å². The zero-order chi connectivity index (χ0) is 22.1. The normalized spacial score (nSPS) is 21.8. The van der Waals surface area contributed by atoms with Gasteiger partial charge in [-0.05, 0) is 41.5 Å². The second-order valence-electron chi connectivity index (χ2n) is 8.33. The summed E-state index contributed by atoms with van der Waals surface area (Å²) in [5, 5.41) is 13.2. The summed E-state index contributed by atoms with van der Waals surface area (Å²) < 4.78 is 5.27. The van der Waals surface area contributed by atoms with E-state index in [1.807, 2.05) is 65.6 Å². The van der Waals surface area contributed by atoms with Gasteiger partial charge in [-0.2, -0.15) is 0 Å². The summed E-state index contributed by atoms with van der Waals surface area (Å²) in [5.41, 5.74) is 3.97. The standard InChI is InChI=1S/C26H27N3O3/c1-32-20-13-11-18(12-14-20)15-28-23-16-29(26(31)27-19-7-3-2-4-8-19)22-10-6-5-9-21(22)25(23)24(28)17-30/h2-14,23-25,30H,15-17H2,1H3,(H,27,31)/t23-,24-,25+/m1/s1. The van der Waals surface area contributed by atoms with Gasteiger partial charge in [-0.25, -0.2) is 4.79 Å². The number of rotatable bonds is 5. The fraction of sp³-hybridized carbons (Fsp3) is 0.269. The summed E-state index contributed by atoms with van der Waals surface area (Å²) in [5.74, 6) is 1.03. The number of methoxy groups -OCH3 is 1. The molecule has 2 N–H and O–H groups in total. The first-order valence-electron chi connectivity index (χ1n) is 10.9. The third-order valence-corrected chi connectivity index (χ3v) is 6.62. The number of anilines is 2. The van der Waals surface area contributed by atoms with Gasteiger partial charge in [-0.3, -0.25) is 9.80 Å². The molecule has 6 nitrogen and oxygen atoms in total. The van der Waals surface area contributed by atoms with Crippen LogP contribution in [0.5, 0.6) is 5.75 Å². The van der Waals surface area contributed by atoms with Gasteiger partial charge in [0.25, 0.3) is 0 Å². The Kier molecular flexibility index (Phi) is 5.55. The Labute approximate surface area is 188 Å². The van der Waals surface area contributed by atoms with Crippen molar-refractivity contribution in [3.63, 3.8) is 0 Å². The fourth-order valence-electron chi connectivity index (χ4n) is 5.05. The first-order chi connectivity index (χ1) is 15.7. The van der Waals surface area contributed by atoms with E-state index in [0.29, 0.717) is 13.1 Å². The molecular formula is C26H27N3O3. The number of aliphatic hydroxyl groups is 1. The molecule has 0 bridgehead atoms. The molecule has 0 aliphatic carbocycles. The van der Waals surface area contributed by atoms with Crippen LogP contribution in [0.25, 0.3) is 0 Å². The molecule has 0 radical (unpaired) electrons. The largest absolute Gasteiger partial charge is 0.497 e. The lowest BCUT2D eigenvalue weighted by molar-refractivity contribution is -0.0484. The third kappa shape index (κ3) is 3.61. The third-order valence-electron chi connectivity index (χ3n) is 6.62. The number of urea groups is 1. The first kappa shape index (κ1) is 20.5. The molecule has 2 heterocycles. The molecule has 164 valence electrons. The van der Waals surface area contributed by atoms with Gasteiger partial charge in [0.2, 0.25) is 0 Å². The highest BCUT2D eigenvalue weighted by molar-refractivity contribution is 6.02. The van der Waals surface area contributed by atoms with E-state index in [4.69, 9.17) is 4.74 Å². The smallest absolute Gasteiger partial charge is 0.326 e. The molecule has 32 heavy (non-hydrogen) atoms. The van der Waals surface area contributed by atoms with Gasteiger partial charge in [0, 0.05) is 42.5 Å². The number of likely N-dealkylation sites (tertiary alicyclic amines) is 1. The molecule has 1 saturated heterocycles. The monoisotopic (exact) mass is 429 g/mol. The molecule has 0 saturated carbocycles. The number of nitrogens with zero attached hydrogens (tertiary/aromatic N) is 2. The number of amides is 2. The van der Waals surface area contributed by atoms with Crippen molar-refractivity contribution in [1.82, 2.24) is 4.90 Å². The van der Waals surface area contributed by atoms with Crippen LogP contribution in [-0.4, -0.2) is 48.4 Å². The highest BCUT2D eigenvalue weighted by Crippen LogP contribution is 2.48. The van der Waals surface area contributed by atoms with Crippen LogP contribution in [-0.2, 0) is 6.54 Å². The number of fused-ring (bicyclic) bond motifs is 3. The van der Waals surface area contributed by atoms with Gasteiger partial charge < -0.3 is 15.2 Å². The van der Waals surface area contributed by atoms with Crippen LogP contribution < -0.4 is 15.0 Å². The first-order valence-corrected chi connectivity index (χ1v) is 10.9. The molecule has 3 atom stereocenters. The van der Waals surface area contributed by atoms with E-state index in [0.717, 1.165) is 28.3 Å². The van der Waals surface area contributed by atoms with E-state index in [-0.39, 0.29) is 30.6 Å². The maximum absolute atomic E-state index is 13.2. The average Bonchev–Trinajstić information content (AvgIpc) is 2.83. The Morgan fingerprint density at radius 1 is 1.03 bits per heavy atom. The summed E-state index contributed by atoms with van der Waals surface area (Å²) in [4.78, 5) is 17.4. The minimum absolute atomic E-state index is 0.0302. The number of carbonyl (C=O) groups is 1. The average molecular weight is 430 g/mol. The Morgan fingerprint density at radius 3 is 2.47 bits per heavy atom. The van der Waals surface area contributed by atoms with Crippen molar-refractivity contribution in [2.75, 3.05) is 30.5 Å². The SMILES string of the molecule is COc1ccc(CN2[C@H](CO)[C@H]3c4ccccc4N(C(=O)Nc4ccccc4)C[C@H]32)cc1. The predicted octanol–water partition coefficient (Wildman–Crippen LogP) is 4.08. The number of hydrogen-bond donors (Lipinski definition) is 2. The van der Waals surface area contributed by atoms with Crippen LogP contribution in [0.15, 0.2) is 78.9 Å². The number of ether oxygens (including phenoxy) is 1. The summed E-state index contributed by atoms with van der Waals surface area (Å²) in [6.07, 6.45) is 0. The maximum atomic E-state index is 13.2. The Hall–Kier alpha value is -3.35. The quantitative estimate of drug-likeness (QED) is 0.642. The minimum Gasteiger partial charge on any atom is -0.497 e. The van der Waals surface area contributed by atoms with E-state index < -0.39 is 0 Å². The Morgan fingerprint density at radius 2 is 1.75 bits per heavy atom. The number of aliphatic hydroxyl groups excluding tert-OH is 1. The molecule has 3 aromatic carbocycles. The highest BCUT2D eigenvalue weighted by Gasteiger charge is 2.53. The summed E-state index contributed by atoms with van der Waals surface area (Å²) in [7, 11) is 1.66. The number of hydrogen-bond acceptors (Lipinski definition) is 4. The zero-order valence-electron chi connectivity index (χ0n) is 18.0. The molecule has 0 spiro atoms. The maximum Gasteiger partial charge on any atom is 0.326 e. The van der Waals surface area contributed by atoms with E-state index in [1.54, 1.807) is 7.11 Å². The lowest BCUT2D eigenvalue weighted by Gasteiger charge is -2.59. The second-order valence-corrected chi connectivity index (χ2v) is 8.33. The Bertz CT molecular complexity index is 1090. The minimum atomic E-state index is -0.140. The van der Waals surface area contributed by atoms with Crippen LogP contribution in [0, 0.1) is 0 Å². The predicted molar refractivity (Wildman–Crippen MR) is 125 cm³/mol. The van der Waals surface area contributed by atoms with Crippen molar-refractivity contribution < 1.29 is 14.6 Å². The molecule has 2 amide bonds. The van der Waals surface area contributed by atoms with Gasteiger partial charge in [-0.1, -0.05) is 48.5 Å². The molecular weight excluding hydrogens is 402 g/mol. The molecule has 3 aromatic rings. The van der Waals surface area contributed by atoms with Crippen LogP contribution in [0.2, 0.25) is 0 Å². The van der Waals surface area contributed by atoms with Crippen molar-refractivity contribution in [2.24, 2.45) is 0 Å². The molecule has 1 fully saturated rings. The zero-order valence-corrected chi connectivity index (χ0v) is 18.0. The summed E-state index contributed by atoms with van der Waals surface area (Å²) >= 11 is 0. The lowest BCUT2D eigenvalue weighted by atomic mass is 9.72. The van der Waals surface area contributed by atoms with Gasteiger partial charge >= 0.3 is 6.03 Å². The van der Waals surface area contributed by atoms with Crippen LogP contribution in [0.4, 0.5) is 16.2 Å². The second kappa shape index (κ2) is 8.65. The van der Waals surface area contributed by atoms with Crippen LogP contribution in [0.3, 0.4) is 0 Å². The Balaban J connectivity index is 1.41. The highest BCUT2D eigenvalue weighted by atomic mass is 16.5. The number of nitrogens with one attached hydrogen (secondary N) is 1. The van der Waals surface area contributed by atoms with E-state index in [9.17, 15) is 9.90 Å². The van der Waals surface area contributed by atoms with Crippen molar-refractivity contribution in [3.05, 3.63) is 90.0 Å². The van der Waals surface area contributed by atoms with Gasteiger partial charge in [0.05, 0.1) is 13.7 Å².